The standard InChI is InChI=1S/C11H13F3N2O2/c12-11(13,14)8-4-2-1-3-7(8)9(15)5-6-18-10(16)17/h1-4,9H,5-6,15H2,(H2,16,17). The van der Waals surface area contributed by atoms with E-state index in [2.05, 4.69) is 4.74 Å². The van der Waals surface area contributed by atoms with Gasteiger partial charge in [0.1, 0.15) is 0 Å². The summed E-state index contributed by atoms with van der Waals surface area (Å²) in [5, 5.41) is 0. The van der Waals surface area contributed by atoms with Gasteiger partial charge in [0, 0.05) is 12.5 Å². The van der Waals surface area contributed by atoms with Gasteiger partial charge in [0.05, 0.1) is 12.2 Å². The van der Waals surface area contributed by atoms with Gasteiger partial charge < -0.3 is 16.2 Å². The summed E-state index contributed by atoms with van der Waals surface area (Å²) >= 11 is 0. The van der Waals surface area contributed by atoms with Crippen LogP contribution >= 0.6 is 0 Å². The van der Waals surface area contributed by atoms with E-state index in [-0.39, 0.29) is 18.6 Å². The molecule has 0 heterocycles. The fraction of sp³-hybridized carbons (Fsp3) is 0.364. The first-order chi connectivity index (χ1) is 8.32. The predicted octanol–water partition coefficient (Wildman–Crippen LogP) is 2.19. The zero-order valence-electron chi connectivity index (χ0n) is 9.41. The van der Waals surface area contributed by atoms with Crippen molar-refractivity contribution < 1.29 is 22.7 Å². The van der Waals surface area contributed by atoms with Gasteiger partial charge in [-0.25, -0.2) is 4.79 Å². The lowest BCUT2D eigenvalue weighted by molar-refractivity contribution is -0.138. The molecule has 7 heteroatoms. The van der Waals surface area contributed by atoms with Gasteiger partial charge in [0.25, 0.3) is 0 Å². The molecule has 0 aromatic heterocycles. The fourth-order valence-electron chi connectivity index (χ4n) is 1.52. The molecule has 18 heavy (non-hydrogen) atoms. The third-order valence-electron chi connectivity index (χ3n) is 2.34. The van der Waals surface area contributed by atoms with E-state index in [0.717, 1.165) is 6.07 Å². The second-order valence-electron chi connectivity index (χ2n) is 3.65. The van der Waals surface area contributed by atoms with E-state index in [1.165, 1.54) is 18.2 Å². The molecule has 100 valence electrons. The van der Waals surface area contributed by atoms with E-state index in [0.29, 0.717) is 0 Å². The molecule has 4 N–H and O–H groups in total. The third kappa shape index (κ3) is 3.92. The monoisotopic (exact) mass is 262 g/mol. The van der Waals surface area contributed by atoms with Crippen LogP contribution in [0.25, 0.3) is 0 Å². The average Bonchev–Trinajstić information content (AvgIpc) is 2.27. The first kappa shape index (κ1) is 14.3. The maximum atomic E-state index is 12.7. The van der Waals surface area contributed by atoms with Crippen LogP contribution in [0.1, 0.15) is 23.6 Å². The van der Waals surface area contributed by atoms with Crippen LogP contribution in [0.3, 0.4) is 0 Å². The Bertz CT molecular complexity index is 421. The highest BCUT2D eigenvalue weighted by Gasteiger charge is 2.34. The molecule has 0 fully saturated rings. The van der Waals surface area contributed by atoms with Gasteiger partial charge in [0.2, 0.25) is 0 Å². The molecule has 1 amide bonds. The van der Waals surface area contributed by atoms with Gasteiger partial charge in [-0.3, -0.25) is 0 Å². The summed E-state index contributed by atoms with van der Waals surface area (Å²) in [6.45, 7) is -0.122. The summed E-state index contributed by atoms with van der Waals surface area (Å²) in [4.78, 5) is 10.3. The Kier molecular flexibility index (Phi) is 4.55. The smallest absolute Gasteiger partial charge is 0.416 e. The minimum absolute atomic E-state index is 0.0296. The van der Waals surface area contributed by atoms with Crippen molar-refractivity contribution in [3.63, 3.8) is 0 Å². The van der Waals surface area contributed by atoms with Crippen molar-refractivity contribution in [2.75, 3.05) is 6.61 Å². The molecule has 1 unspecified atom stereocenters. The summed E-state index contributed by atoms with van der Waals surface area (Å²) in [6.07, 6.45) is -5.37. The quantitative estimate of drug-likeness (QED) is 0.873. The predicted molar refractivity (Wildman–Crippen MR) is 58.5 cm³/mol. The van der Waals surface area contributed by atoms with Gasteiger partial charge in [-0.05, 0) is 11.6 Å². The molecular weight excluding hydrogens is 249 g/mol. The lowest BCUT2D eigenvalue weighted by atomic mass is 9.98. The van der Waals surface area contributed by atoms with E-state index < -0.39 is 23.9 Å². The van der Waals surface area contributed by atoms with E-state index in [1.807, 2.05) is 0 Å². The summed E-state index contributed by atoms with van der Waals surface area (Å²) in [6, 6.07) is 4.16. The number of nitrogens with two attached hydrogens (primary N) is 2. The number of benzene rings is 1. The summed E-state index contributed by atoms with van der Waals surface area (Å²) in [7, 11) is 0. The second kappa shape index (κ2) is 5.72. The Hall–Kier alpha value is -1.76. The Morgan fingerprint density at radius 3 is 2.50 bits per heavy atom. The largest absolute Gasteiger partial charge is 0.450 e. The highest BCUT2D eigenvalue weighted by molar-refractivity contribution is 5.64. The molecule has 1 aromatic carbocycles. The van der Waals surface area contributed by atoms with Crippen molar-refractivity contribution in [3.05, 3.63) is 35.4 Å². The number of primary amides is 1. The number of carbonyl (C=O) groups excluding carboxylic acids is 1. The summed E-state index contributed by atoms with van der Waals surface area (Å²) in [5.74, 6) is 0. The molecule has 0 aliphatic heterocycles. The van der Waals surface area contributed by atoms with Gasteiger partial charge in [-0.2, -0.15) is 13.2 Å². The van der Waals surface area contributed by atoms with E-state index >= 15 is 0 Å². The minimum Gasteiger partial charge on any atom is -0.450 e. The SMILES string of the molecule is NC(=O)OCCC(N)c1ccccc1C(F)(F)F. The molecule has 0 aliphatic carbocycles. The molecule has 1 aromatic rings. The van der Waals surface area contributed by atoms with Crippen LogP contribution < -0.4 is 11.5 Å². The Morgan fingerprint density at radius 2 is 1.94 bits per heavy atom. The molecule has 0 aliphatic rings. The number of hydrogen-bond donors (Lipinski definition) is 2. The van der Waals surface area contributed by atoms with Crippen molar-refractivity contribution in [1.82, 2.24) is 0 Å². The van der Waals surface area contributed by atoms with Crippen molar-refractivity contribution in [2.24, 2.45) is 11.5 Å². The number of carbonyl (C=O) groups is 1. The van der Waals surface area contributed by atoms with Crippen molar-refractivity contribution >= 4 is 6.09 Å². The highest BCUT2D eigenvalue weighted by Crippen LogP contribution is 2.34. The Balaban J connectivity index is 2.79. The van der Waals surface area contributed by atoms with Crippen LogP contribution in [0.2, 0.25) is 0 Å². The fourth-order valence-corrected chi connectivity index (χ4v) is 1.52. The number of ether oxygens (including phenoxy) is 1. The zero-order chi connectivity index (χ0) is 13.8. The molecule has 1 atom stereocenters. The van der Waals surface area contributed by atoms with Crippen molar-refractivity contribution in [2.45, 2.75) is 18.6 Å². The van der Waals surface area contributed by atoms with Crippen molar-refractivity contribution in [1.29, 1.82) is 0 Å². The maximum Gasteiger partial charge on any atom is 0.416 e. The van der Waals surface area contributed by atoms with Gasteiger partial charge >= 0.3 is 12.3 Å². The Labute approximate surface area is 102 Å². The number of halogens is 3. The highest BCUT2D eigenvalue weighted by atomic mass is 19.4. The number of alkyl halides is 3. The molecular formula is C11H13F3N2O2. The van der Waals surface area contributed by atoms with E-state index in [4.69, 9.17) is 11.5 Å². The van der Waals surface area contributed by atoms with Crippen LogP contribution in [0.15, 0.2) is 24.3 Å². The number of hydrogen-bond acceptors (Lipinski definition) is 3. The van der Waals surface area contributed by atoms with Gasteiger partial charge in [-0.1, -0.05) is 18.2 Å². The molecule has 0 saturated heterocycles. The first-order valence-electron chi connectivity index (χ1n) is 5.16. The Morgan fingerprint density at radius 1 is 1.33 bits per heavy atom. The average molecular weight is 262 g/mol. The second-order valence-corrected chi connectivity index (χ2v) is 3.65. The number of amides is 1. The molecule has 0 bridgehead atoms. The number of rotatable bonds is 4. The summed E-state index contributed by atoms with van der Waals surface area (Å²) in [5.41, 5.74) is 9.57. The van der Waals surface area contributed by atoms with E-state index in [1.54, 1.807) is 0 Å². The normalized spacial score (nSPS) is 13.1. The van der Waals surface area contributed by atoms with Crippen LogP contribution in [0.5, 0.6) is 0 Å². The van der Waals surface area contributed by atoms with Crippen LogP contribution in [0, 0.1) is 0 Å². The van der Waals surface area contributed by atoms with Gasteiger partial charge in [-0.15, -0.1) is 0 Å². The molecule has 0 spiro atoms. The maximum absolute atomic E-state index is 12.7. The molecule has 0 saturated carbocycles. The van der Waals surface area contributed by atoms with Gasteiger partial charge in [0.15, 0.2) is 0 Å². The van der Waals surface area contributed by atoms with Crippen LogP contribution in [0.4, 0.5) is 18.0 Å². The lowest BCUT2D eigenvalue weighted by Crippen LogP contribution is -2.21. The molecule has 4 nitrogen and oxygen atoms in total. The lowest BCUT2D eigenvalue weighted by Gasteiger charge is -2.17. The van der Waals surface area contributed by atoms with Crippen LogP contribution in [-0.2, 0) is 10.9 Å². The van der Waals surface area contributed by atoms with E-state index in [9.17, 15) is 18.0 Å². The molecule has 0 radical (unpaired) electrons. The van der Waals surface area contributed by atoms with Crippen molar-refractivity contribution in [3.8, 4) is 0 Å². The topological polar surface area (TPSA) is 78.3 Å². The zero-order valence-corrected chi connectivity index (χ0v) is 9.41. The summed E-state index contributed by atoms with van der Waals surface area (Å²) < 4.78 is 42.5. The van der Waals surface area contributed by atoms with Crippen LogP contribution in [-0.4, -0.2) is 12.7 Å². The third-order valence-corrected chi connectivity index (χ3v) is 2.34. The minimum atomic E-state index is -4.46. The first-order valence-corrected chi connectivity index (χ1v) is 5.16. The molecule has 1 rings (SSSR count).